The standard InChI is InChI=1S/C28H35F4N7O3/c1-16-14-38(5-4-37(16)3)24-10-22(29)19(18-11-34-27(35-12-18)39-6-7-42-15-17(39)2)8-23(24)36-26(41)20-13-33-25(40)9-21(20)28(30,31)32/h8,10-12,16-17,20-21H,4-7,9,13-15H2,1-3H3,(H,33,40)(H,36,41)/t16-,17-,20?,21?/m0/s1. The summed E-state index contributed by atoms with van der Waals surface area (Å²) in [7, 11) is 1.98. The molecule has 10 nitrogen and oxygen atoms in total. The first-order valence-corrected chi connectivity index (χ1v) is 14.0. The van der Waals surface area contributed by atoms with Crippen molar-refractivity contribution in [2.45, 2.75) is 38.5 Å². The SMILES string of the molecule is C[C@H]1CN(c2cc(F)c(-c3cnc(N4CCOC[C@@H]4C)nc3)cc2NC(=O)C2CNC(=O)CC2C(F)(F)F)CCN1C. The maximum atomic E-state index is 15.7. The van der Waals surface area contributed by atoms with Crippen LogP contribution in [0.1, 0.15) is 20.3 Å². The number of nitrogens with zero attached hydrogens (tertiary/aromatic N) is 5. The Kier molecular flexibility index (Phi) is 8.56. The van der Waals surface area contributed by atoms with Crippen LogP contribution < -0.4 is 20.4 Å². The largest absolute Gasteiger partial charge is 0.393 e. The lowest BCUT2D eigenvalue weighted by atomic mass is 9.84. The number of alkyl halides is 3. The monoisotopic (exact) mass is 593 g/mol. The number of carbonyl (C=O) groups excluding carboxylic acids is 2. The lowest BCUT2D eigenvalue weighted by molar-refractivity contribution is -0.197. The van der Waals surface area contributed by atoms with Gasteiger partial charge < -0.3 is 30.1 Å². The van der Waals surface area contributed by atoms with Gasteiger partial charge in [-0.1, -0.05) is 0 Å². The van der Waals surface area contributed by atoms with E-state index in [0.29, 0.717) is 56.6 Å². The van der Waals surface area contributed by atoms with Crippen LogP contribution in [-0.2, 0) is 14.3 Å². The maximum Gasteiger partial charge on any atom is 0.393 e. The van der Waals surface area contributed by atoms with Gasteiger partial charge in [-0.05, 0) is 33.0 Å². The van der Waals surface area contributed by atoms with Crippen LogP contribution in [0.3, 0.4) is 0 Å². The topological polar surface area (TPSA) is 103 Å². The number of anilines is 3. The number of aromatic nitrogens is 2. The van der Waals surface area contributed by atoms with E-state index >= 15 is 4.39 Å². The van der Waals surface area contributed by atoms with Crippen molar-refractivity contribution in [3.8, 4) is 11.1 Å². The molecule has 3 aliphatic rings. The number of hydrogen-bond donors (Lipinski definition) is 2. The number of benzene rings is 1. The van der Waals surface area contributed by atoms with Crippen LogP contribution in [0.4, 0.5) is 34.9 Å². The number of nitrogens with one attached hydrogen (secondary N) is 2. The minimum atomic E-state index is -4.74. The lowest BCUT2D eigenvalue weighted by Crippen LogP contribution is -2.51. The Morgan fingerprint density at radius 2 is 1.86 bits per heavy atom. The van der Waals surface area contributed by atoms with Crippen molar-refractivity contribution in [1.82, 2.24) is 20.2 Å². The van der Waals surface area contributed by atoms with Gasteiger partial charge in [-0.2, -0.15) is 13.2 Å². The minimum absolute atomic E-state index is 0.0681. The molecule has 5 rings (SSSR count). The summed E-state index contributed by atoms with van der Waals surface area (Å²) in [5, 5.41) is 5.02. The second-order valence-electron chi connectivity index (χ2n) is 11.3. The van der Waals surface area contributed by atoms with E-state index in [1.807, 2.05) is 30.7 Å². The van der Waals surface area contributed by atoms with Gasteiger partial charge in [0.1, 0.15) is 5.82 Å². The highest BCUT2D eigenvalue weighted by atomic mass is 19.4. The van der Waals surface area contributed by atoms with Crippen LogP contribution in [0.5, 0.6) is 0 Å². The molecule has 0 aliphatic carbocycles. The van der Waals surface area contributed by atoms with E-state index in [0.717, 1.165) is 0 Å². The molecular formula is C28H35F4N7O3. The third-order valence-electron chi connectivity index (χ3n) is 8.38. The van der Waals surface area contributed by atoms with Crippen LogP contribution in [0, 0.1) is 17.7 Å². The molecule has 14 heteroatoms. The summed E-state index contributed by atoms with van der Waals surface area (Å²) in [6, 6.07) is 2.91. The number of morpholine rings is 1. The smallest absolute Gasteiger partial charge is 0.377 e. The quantitative estimate of drug-likeness (QED) is 0.511. The first-order chi connectivity index (χ1) is 19.9. The molecule has 1 aromatic heterocycles. The Morgan fingerprint density at radius 1 is 1.12 bits per heavy atom. The molecule has 0 saturated carbocycles. The minimum Gasteiger partial charge on any atom is -0.377 e. The van der Waals surface area contributed by atoms with Crippen LogP contribution >= 0.6 is 0 Å². The van der Waals surface area contributed by atoms with Crippen LogP contribution in [0.25, 0.3) is 11.1 Å². The number of ether oxygens (including phenoxy) is 1. The summed E-state index contributed by atoms with van der Waals surface area (Å²) >= 11 is 0. The van der Waals surface area contributed by atoms with E-state index < -0.39 is 48.6 Å². The molecule has 4 heterocycles. The zero-order valence-corrected chi connectivity index (χ0v) is 23.7. The van der Waals surface area contributed by atoms with Gasteiger partial charge in [0, 0.05) is 68.7 Å². The van der Waals surface area contributed by atoms with E-state index in [1.165, 1.54) is 24.5 Å². The number of hydrogen-bond acceptors (Lipinski definition) is 8. The summed E-state index contributed by atoms with van der Waals surface area (Å²) in [6.45, 7) is 6.99. The van der Waals surface area contributed by atoms with Crippen molar-refractivity contribution in [1.29, 1.82) is 0 Å². The first-order valence-electron chi connectivity index (χ1n) is 14.0. The van der Waals surface area contributed by atoms with E-state index in [-0.39, 0.29) is 23.3 Å². The number of rotatable bonds is 5. The molecule has 3 fully saturated rings. The zero-order chi connectivity index (χ0) is 30.2. The molecule has 2 unspecified atom stereocenters. The molecule has 2 aromatic rings. The number of piperazine rings is 1. The molecule has 3 aliphatic heterocycles. The number of amides is 2. The summed E-state index contributed by atoms with van der Waals surface area (Å²) in [6.07, 6.45) is -2.59. The van der Waals surface area contributed by atoms with Gasteiger partial charge in [-0.3, -0.25) is 9.59 Å². The Balaban J connectivity index is 1.48. The molecule has 228 valence electrons. The molecule has 4 atom stereocenters. The van der Waals surface area contributed by atoms with E-state index in [9.17, 15) is 22.8 Å². The Bertz CT molecular complexity index is 1310. The molecule has 0 radical (unpaired) electrons. The van der Waals surface area contributed by atoms with Gasteiger partial charge >= 0.3 is 6.18 Å². The molecule has 2 amide bonds. The summed E-state index contributed by atoms with van der Waals surface area (Å²) in [5.74, 6) is -5.41. The number of halogens is 4. The number of likely N-dealkylation sites (N-methyl/N-ethyl adjacent to an activating group) is 1. The van der Waals surface area contributed by atoms with Crippen LogP contribution in [0.15, 0.2) is 24.5 Å². The second-order valence-corrected chi connectivity index (χ2v) is 11.3. The van der Waals surface area contributed by atoms with Gasteiger partial charge in [-0.25, -0.2) is 14.4 Å². The van der Waals surface area contributed by atoms with Gasteiger partial charge in [0.05, 0.1) is 42.5 Å². The normalized spacial score (nSPS) is 25.7. The molecule has 1 aromatic carbocycles. The number of carbonyl (C=O) groups is 2. The second kappa shape index (κ2) is 12.0. The van der Waals surface area contributed by atoms with E-state index in [2.05, 4.69) is 25.5 Å². The van der Waals surface area contributed by atoms with E-state index in [1.54, 1.807) is 0 Å². The summed E-state index contributed by atoms with van der Waals surface area (Å²) in [4.78, 5) is 40.0. The number of piperidine rings is 1. The third-order valence-corrected chi connectivity index (χ3v) is 8.38. The molecule has 0 spiro atoms. The third kappa shape index (κ3) is 6.28. The van der Waals surface area contributed by atoms with Gasteiger partial charge in [-0.15, -0.1) is 0 Å². The van der Waals surface area contributed by atoms with Crippen molar-refractivity contribution in [2.75, 3.05) is 68.1 Å². The predicted molar refractivity (Wildman–Crippen MR) is 149 cm³/mol. The van der Waals surface area contributed by atoms with Crippen molar-refractivity contribution < 1.29 is 31.9 Å². The Hall–Kier alpha value is -3.52. The highest BCUT2D eigenvalue weighted by Gasteiger charge is 2.50. The Labute approximate surface area is 241 Å². The molecule has 2 N–H and O–H groups in total. The van der Waals surface area contributed by atoms with Crippen LogP contribution in [0.2, 0.25) is 0 Å². The Morgan fingerprint density at radius 3 is 2.52 bits per heavy atom. The predicted octanol–water partition coefficient (Wildman–Crippen LogP) is 2.90. The average Bonchev–Trinajstić information content (AvgIpc) is 2.95. The molecular weight excluding hydrogens is 558 g/mol. The van der Waals surface area contributed by atoms with Crippen molar-refractivity contribution >= 4 is 29.1 Å². The maximum absolute atomic E-state index is 15.7. The summed E-state index contributed by atoms with van der Waals surface area (Å²) in [5.41, 5.74) is 0.996. The van der Waals surface area contributed by atoms with Gasteiger partial charge in [0.2, 0.25) is 17.8 Å². The summed E-state index contributed by atoms with van der Waals surface area (Å²) < 4.78 is 62.5. The molecule has 3 saturated heterocycles. The van der Waals surface area contributed by atoms with Crippen molar-refractivity contribution in [3.05, 3.63) is 30.3 Å². The fraction of sp³-hybridized carbons (Fsp3) is 0.571. The highest BCUT2D eigenvalue weighted by molar-refractivity contribution is 5.98. The van der Waals surface area contributed by atoms with E-state index in [4.69, 9.17) is 4.74 Å². The van der Waals surface area contributed by atoms with Crippen molar-refractivity contribution in [3.63, 3.8) is 0 Å². The van der Waals surface area contributed by atoms with Gasteiger partial charge in [0.15, 0.2) is 0 Å². The fourth-order valence-corrected chi connectivity index (χ4v) is 5.67. The lowest BCUT2D eigenvalue weighted by Gasteiger charge is -2.40. The first kappa shape index (κ1) is 30.0. The van der Waals surface area contributed by atoms with Gasteiger partial charge in [0.25, 0.3) is 0 Å². The average molecular weight is 594 g/mol. The van der Waals surface area contributed by atoms with Crippen LogP contribution in [-0.4, -0.2) is 97.9 Å². The molecule has 0 bridgehead atoms. The zero-order valence-electron chi connectivity index (χ0n) is 23.7. The highest BCUT2D eigenvalue weighted by Crippen LogP contribution is 2.39. The fourth-order valence-electron chi connectivity index (χ4n) is 5.67. The van der Waals surface area contributed by atoms with Crippen molar-refractivity contribution in [2.24, 2.45) is 11.8 Å². The molecule has 42 heavy (non-hydrogen) atoms.